The summed E-state index contributed by atoms with van der Waals surface area (Å²) in [6, 6.07) is 3.86. The first kappa shape index (κ1) is 14.9. The molecular weight excluding hydrogens is 276 g/mol. The number of aliphatic hydroxyl groups excluding tert-OH is 1. The smallest absolute Gasteiger partial charge is 0.163 e. The first-order valence-electron chi connectivity index (χ1n) is 7.75. The van der Waals surface area contributed by atoms with Crippen molar-refractivity contribution in [3.05, 3.63) is 35.8 Å². The average molecular weight is 298 g/mol. The summed E-state index contributed by atoms with van der Waals surface area (Å²) in [5.74, 6) is 1.97. The molecule has 0 bridgehead atoms. The van der Waals surface area contributed by atoms with E-state index in [0.29, 0.717) is 18.3 Å². The molecule has 5 nitrogen and oxygen atoms in total. The van der Waals surface area contributed by atoms with Gasteiger partial charge in [0.1, 0.15) is 5.82 Å². The molecule has 2 unspecified atom stereocenters. The van der Waals surface area contributed by atoms with E-state index in [9.17, 15) is 5.11 Å². The normalized spacial score (nSPS) is 21.9. The Morgan fingerprint density at radius 3 is 2.77 bits per heavy atom. The lowest BCUT2D eigenvalue weighted by atomic mass is 9.96. The van der Waals surface area contributed by atoms with Gasteiger partial charge in [-0.25, -0.2) is 9.97 Å². The first-order chi connectivity index (χ1) is 10.6. The van der Waals surface area contributed by atoms with Gasteiger partial charge >= 0.3 is 0 Å². The minimum absolute atomic E-state index is 0.301. The minimum atomic E-state index is -0.301. The summed E-state index contributed by atoms with van der Waals surface area (Å²) in [5, 5.41) is 10.2. The number of rotatable bonds is 2. The number of aryl methyl sites for hydroxylation is 1. The molecule has 0 spiro atoms. The van der Waals surface area contributed by atoms with E-state index in [2.05, 4.69) is 21.8 Å². The summed E-state index contributed by atoms with van der Waals surface area (Å²) < 4.78 is 0. The van der Waals surface area contributed by atoms with Crippen molar-refractivity contribution < 1.29 is 5.11 Å². The molecule has 2 aromatic rings. The Morgan fingerprint density at radius 1 is 1.27 bits per heavy atom. The molecule has 0 saturated carbocycles. The van der Waals surface area contributed by atoms with Crippen molar-refractivity contribution in [1.82, 2.24) is 15.0 Å². The van der Waals surface area contributed by atoms with Gasteiger partial charge in [-0.05, 0) is 38.3 Å². The van der Waals surface area contributed by atoms with Gasteiger partial charge in [-0.3, -0.25) is 4.98 Å². The fraction of sp³-hybridized carbons (Fsp3) is 0.471. The van der Waals surface area contributed by atoms with E-state index in [4.69, 9.17) is 4.98 Å². The van der Waals surface area contributed by atoms with Crippen LogP contribution in [0.15, 0.2) is 24.5 Å². The maximum atomic E-state index is 10.2. The fourth-order valence-electron chi connectivity index (χ4n) is 2.79. The van der Waals surface area contributed by atoms with Crippen LogP contribution >= 0.6 is 0 Å². The van der Waals surface area contributed by atoms with E-state index < -0.39 is 0 Å². The van der Waals surface area contributed by atoms with E-state index in [1.807, 2.05) is 26.0 Å². The van der Waals surface area contributed by atoms with Crippen molar-refractivity contribution in [2.24, 2.45) is 5.92 Å². The number of β-amino-alcohol motifs (C(OH)–C–C–N with tert-alkyl or cyclic N) is 1. The molecule has 0 amide bonds. The van der Waals surface area contributed by atoms with Gasteiger partial charge in [-0.2, -0.15) is 0 Å². The van der Waals surface area contributed by atoms with Crippen molar-refractivity contribution in [2.75, 3.05) is 18.0 Å². The molecule has 5 heteroatoms. The van der Waals surface area contributed by atoms with E-state index in [-0.39, 0.29) is 6.10 Å². The Hall–Kier alpha value is -2.01. The molecule has 1 aliphatic rings. The van der Waals surface area contributed by atoms with Gasteiger partial charge in [0.2, 0.25) is 0 Å². The van der Waals surface area contributed by atoms with Crippen molar-refractivity contribution in [2.45, 2.75) is 33.3 Å². The van der Waals surface area contributed by atoms with Crippen molar-refractivity contribution >= 4 is 5.82 Å². The predicted octanol–water partition coefficient (Wildman–Crippen LogP) is 2.36. The lowest BCUT2D eigenvalue weighted by Crippen LogP contribution is -2.43. The number of pyridine rings is 1. The highest BCUT2D eigenvalue weighted by Gasteiger charge is 2.26. The molecule has 1 saturated heterocycles. The standard InChI is InChI=1S/C17H22N4O/c1-11-6-8-21(10-15(11)22)17-12(2)13(3)19-16(20-17)14-5-4-7-18-9-14/h4-5,7,9,11,15,22H,6,8,10H2,1-3H3. The highest BCUT2D eigenvalue weighted by Crippen LogP contribution is 2.28. The number of piperidine rings is 1. The third-order valence-electron chi connectivity index (χ3n) is 4.50. The second-order valence-corrected chi connectivity index (χ2v) is 6.10. The van der Waals surface area contributed by atoms with E-state index in [1.165, 1.54) is 0 Å². The van der Waals surface area contributed by atoms with Crippen LogP contribution in [-0.4, -0.2) is 39.3 Å². The lowest BCUT2D eigenvalue weighted by Gasteiger charge is -2.36. The molecular formula is C17H22N4O. The van der Waals surface area contributed by atoms with E-state index in [1.54, 1.807) is 12.4 Å². The zero-order chi connectivity index (χ0) is 15.7. The van der Waals surface area contributed by atoms with Crippen LogP contribution in [0.3, 0.4) is 0 Å². The molecule has 0 aliphatic carbocycles. The Kier molecular flexibility index (Phi) is 4.07. The summed E-state index contributed by atoms with van der Waals surface area (Å²) >= 11 is 0. The molecule has 3 rings (SSSR count). The van der Waals surface area contributed by atoms with Crippen LogP contribution in [0.25, 0.3) is 11.4 Å². The highest BCUT2D eigenvalue weighted by molar-refractivity contribution is 5.59. The van der Waals surface area contributed by atoms with Gasteiger partial charge in [0, 0.05) is 42.3 Å². The zero-order valence-electron chi connectivity index (χ0n) is 13.3. The topological polar surface area (TPSA) is 62.1 Å². The highest BCUT2D eigenvalue weighted by atomic mass is 16.3. The largest absolute Gasteiger partial charge is 0.391 e. The van der Waals surface area contributed by atoms with Gasteiger partial charge in [-0.1, -0.05) is 6.92 Å². The third kappa shape index (κ3) is 2.81. The predicted molar refractivity (Wildman–Crippen MR) is 86.7 cm³/mol. The van der Waals surface area contributed by atoms with Gasteiger partial charge in [0.05, 0.1) is 6.10 Å². The Balaban J connectivity index is 1.99. The molecule has 22 heavy (non-hydrogen) atoms. The number of aromatic nitrogens is 3. The van der Waals surface area contributed by atoms with Crippen LogP contribution in [0.1, 0.15) is 24.6 Å². The van der Waals surface area contributed by atoms with Gasteiger partial charge in [0.25, 0.3) is 0 Å². The Morgan fingerprint density at radius 2 is 2.09 bits per heavy atom. The molecule has 0 radical (unpaired) electrons. The maximum Gasteiger partial charge on any atom is 0.163 e. The quantitative estimate of drug-likeness (QED) is 0.922. The van der Waals surface area contributed by atoms with Crippen molar-refractivity contribution in [3.8, 4) is 11.4 Å². The molecule has 1 fully saturated rings. The number of hydrogen-bond acceptors (Lipinski definition) is 5. The third-order valence-corrected chi connectivity index (χ3v) is 4.50. The fourth-order valence-corrected chi connectivity index (χ4v) is 2.79. The molecule has 1 aliphatic heterocycles. The van der Waals surface area contributed by atoms with E-state index >= 15 is 0 Å². The van der Waals surface area contributed by atoms with Crippen molar-refractivity contribution in [1.29, 1.82) is 0 Å². The molecule has 116 valence electrons. The van der Waals surface area contributed by atoms with Crippen molar-refractivity contribution in [3.63, 3.8) is 0 Å². The SMILES string of the molecule is Cc1nc(-c2cccnc2)nc(N2CCC(C)C(O)C2)c1C. The summed E-state index contributed by atoms with van der Waals surface area (Å²) in [6.45, 7) is 7.69. The molecule has 2 atom stereocenters. The van der Waals surface area contributed by atoms with Crippen LogP contribution in [0.5, 0.6) is 0 Å². The average Bonchev–Trinajstić information content (AvgIpc) is 2.53. The van der Waals surface area contributed by atoms with Crippen LogP contribution in [-0.2, 0) is 0 Å². The van der Waals surface area contributed by atoms with Crippen LogP contribution < -0.4 is 4.90 Å². The number of hydrogen-bond donors (Lipinski definition) is 1. The molecule has 1 N–H and O–H groups in total. The number of nitrogens with zero attached hydrogens (tertiary/aromatic N) is 4. The van der Waals surface area contributed by atoms with Gasteiger partial charge in [0.15, 0.2) is 5.82 Å². The van der Waals surface area contributed by atoms with E-state index in [0.717, 1.165) is 35.6 Å². The number of anilines is 1. The Labute approximate surface area is 131 Å². The molecule has 0 aromatic carbocycles. The molecule has 3 heterocycles. The lowest BCUT2D eigenvalue weighted by molar-refractivity contribution is 0.102. The number of aliphatic hydroxyl groups is 1. The summed E-state index contributed by atoms with van der Waals surface area (Å²) in [7, 11) is 0. The van der Waals surface area contributed by atoms with Gasteiger partial charge in [-0.15, -0.1) is 0 Å². The summed E-state index contributed by atoms with van der Waals surface area (Å²) in [4.78, 5) is 15.7. The van der Waals surface area contributed by atoms with Crippen LogP contribution in [0, 0.1) is 19.8 Å². The minimum Gasteiger partial charge on any atom is -0.391 e. The van der Waals surface area contributed by atoms with Gasteiger partial charge < -0.3 is 10.0 Å². The Bertz CT molecular complexity index is 659. The second kappa shape index (κ2) is 6.01. The second-order valence-electron chi connectivity index (χ2n) is 6.10. The molecule has 2 aromatic heterocycles. The zero-order valence-corrected chi connectivity index (χ0v) is 13.3. The summed E-state index contributed by atoms with van der Waals surface area (Å²) in [5.41, 5.74) is 2.96. The van der Waals surface area contributed by atoms with Crippen LogP contribution in [0.2, 0.25) is 0 Å². The maximum absolute atomic E-state index is 10.2. The summed E-state index contributed by atoms with van der Waals surface area (Å²) in [6.07, 6.45) is 4.20. The first-order valence-corrected chi connectivity index (χ1v) is 7.75. The van der Waals surface area contributed by atoms with Crippen LogP contribution in [0.4, 0.5) is 5.82 Å². The monoisotopic (exact) mass is 298 g/mol.